The first-order chi connectivity index (χ1) is 21.3. The van der Waals surface area contributed by atoms with Crippen LogP contribution in [0, 0.1) is 11.8 Å². The number of amides is 1. The number of ether oxygens (including phenoxy) is 3. The van der Waals surface area contributed by atoms with Gasteiger partial charge < -0.3 is 14.2 Å². The highest BCUT2D eigenvalue weighted by atomic mass is 16.5. The minimum absolute atomic E-state index is 0.0240. The highest BCUT2D eigenvalue weighted by Crippen LogP contribution is 2.31. The minimum Gasteiger partial charge on any atom is -0.488 e. The second-order valence-corrected chi connectivity index (χ2v) is 11.5. The fourth-order valence-electron chi connectivity index (χ4n) is 6.07. The molecule has 232 valence electrons. The van der Waals surface area contributed by atoms with Gasteiger partial charge in [0.2, 0.25) is 5.88 Å². The van der Waals surface area contributed by atoms with E-state index in [1.54, 1.807) is 6.07 Å². The number of aryl methyl sites for hydroxylation is 1. The summed E-state index contributed by atoms with van der Waals surface area (Å²) in [6, 6.07) is 10.8. The second kappa shape index (κ2) is 14.1. The van der Waals surface area contributed by atoms with Gasteiger partial charge in [-0.25, -0.2) is 4.98 Å². The van der Waals surface area contributed by atoms with Crippen LogP contribution in [0.3, 0.4) is 0 Å². The van der Waals surface area contributed by atoms with Crippen LogP contribution in [0.4, 0.5) is 0 Å². The predicted molar refractivity (Wildman–Crippen MR) is 169 cm³/mol. The van der Waals surface area contributed by atoms with Crippen molar-refractivity contribution in [1.82, 2.24) is 19.7 Å². The van der Waals surface area contributed by atoms with Gasteiger partial charge in [0.25, 0.3) is 0 Å². The Morgan fingerprint density at radius 1 is 1.18 bits per heavy atom. The van der Waals surface area contributed by atoms with E-state index in [4.69, 9.17) is 19.2 Å². The number of aromatic nitrogens is 3. The Bertz CT molecular complexity index is 1580. The summed E-state index contributed by atoms with van der Waals surface area (Å²) in [5, 5.41) is 6.75. The quantitative estimate of drug-likeness (QED) is 0.151. The fourth-order valence-corrected chi connectivity index (χ4v) is 6.07. The summed E-state index contributed by atoms with van der Waals surface area (Å²) < 4.78 is 18.9. The SMILES string of the molecule is CC/C=C(\C(OCc1cc2c(cc1C)CN(C1CCOCC1)CC2)=C(C)C)c1cccc(-n2ncc(C(=O)N=O)c2OC)n1. The number of carbonyl (C=O) groups is 1. The molecule has 0 radical (unpaired) electrons. The van der Waals surface area contributed by atoms with Crippen molar-refractivity contribution in [2.75, 3.05) is 26.9 Å². The van der Waals surface area contributed by atoms with Gasteiger partial charge in [-0.15, -0.1) is 4.91 Å². The van der Waals surface area contributed by atoms with Crippen molar-refractivity contribution in [3.05, 3.63) is 92.4 Å². The largest absolute Gasteiger partial charge is 0.488 e. The summed E-state index contributed by atoms with van der Waals surface area (Å²) in [6.45, 7) is 12.6. The average molecular weight is 600 g/mol. The van der Waals surface area contributed by atoms with Gasteiger partial charge in [-0.3, -0.25) is 9.69 Å². The van der Waals surface area contributed by atoms with Crippen molar-refractivity contribution in [1.29, 1.82) is 0 Å². The van der Waals surface area contributed by atoms with E-state index in [0.29, 0.717) is 24.2 Å². The van der Waals surface area contributed by atoms with E-state index in [1.165, 1.54) is 40.2 Å². The lowest BCUT2D eigenvalue weighted by atomic mass is 9.92. The molecule has 5 rings (SSSR count). The molecule has 2 aliphatic rings. The summed E-state index contributed by atoms with van der Waals surface area (Å²) in [5.41, 5.74) is 7.80. The molecule has 1 saturated heterocycles. The van der Waals surface area contributed by atoms with Gasteiger partial charge >= 0.3 is 5.91 Å². The molecule has 1 amide bonds. The zero-order valence-electron chi connectivity index (χ0n) is 26.3. The zero-order chi connectivity index (χ0) is 31.2. The van der Waals surface area contributed by atoms with E-state index < -0.39 is 5.91 Å². The molecule has 10 nitrogen and oxygen atoms in total. The van der Waals surface area contributed by atoms with Crippen LogP contribution < -0.4 is 4.74 Å². The fraction of sp³-hybridized carbons (Fsp3) is 0.441. The number of nitrogens with zero attached hydrogens (tertiary/aromatic N) is 5. The molecule has 3 aromatic rings. The lowest BCUT2D eigenvalue weighted by Gasteiger charge is -2.37. The molecule has 4 heterocycles. The second-order valence-electron chi connectivity index (χ2n) is 11.5. The van der Waals surface area contributed by atoms with Crippen LogP contribution in [0.25, 0.3) is 11.4 Å². The molecule has 2 aliphatic heterocycles. The van der Waals surface area contributed by atoms with Gasteiger partial charge in [-0.1, -0.05) is 31.2 Å². The number of benzene rings is 1. The van der Waals surface area contributed by atoms with Crippen LogP contribution in [-0.4, -0.2) is 58.5 Å². The highest BCUT2D eigenvalue weighted by molar-refractivity contribution is 5.97. The van der Waals surface area contributed by atoms with E-state index >= 15 is 0 Å². The molecule has 2 aromatic heterocycles. The van der Waals surface area contributed by atoms with Gasteiger partial charge in [0.05, 0.1) is 19.0 Å². The molecular weight excluding hydrogens is 558 g/mol. The van der Waals surface area contributed by atoms with E-state index in [1.807, 2.05) is 26.0 Å². The molecule has 0 atom stereocenters. The molecule has 0 spiro atoms. The maximum atomic E-state index is 12.0. The Morgan fingerprint density at radius 2 is 1.98 bits per heavy atom. The normalized spacial score (nSPS) is 15.9. The molecule has 0 N–H and O–H groups in total. The number of carbonyl (C=O) groups excluding carboxylic acids is 1. The Balaban J connectivity index is 1.37. The van der Waals surface area contributed by atoms with Crippen LogP contribution >= 0.6 is 0 Å². The zero-order valence-corrected chi connectivity index (χ0v) is 26.3. The molecule has 1 fully saturated rings. The van der Waals surface area contributed by atoms with Crippen molar-refractivity contribution in [2.24, 2.45) is 5.18 Å². The third-order valence-corrected chi connectivity index (χ3v) is 8.35. The first-order valence-corrected chi connectivity index (χ1v) is 15.3. The first-order valence-electron chi connectivity index (χ1n) is 15.3. The molecule has 0 bridgehead atoms. The number of nitroso groups, excluding NO2 is 1. The summed E-state index contributed by atoms with van der Waals surface area (Å²) in [4.78, 5) is 30.3. The van der Waals surface area contributed by atoms with Crippen molar-refractivity contribution >= 4 is 11.5 Å². The number of methoxy groups -OCH3 is 1. The molecular formula is C34H41N5O5. The Labute approximate surface area is 258 Å². The lowest BCUT2D eigenvalue weighted by Crippen LogP contribution is -2.42. The molecule has 44 heavy (non-hydrogen) atoms. The Hall–Kier alpha value is -4.15. The van der Waals surface area contributed by atoms with E-state index in [0.717, 1.165) is 68.9 Å². The van der Waals surface area contributed by atoms with Crippen molar-refractivity contribution < 1.29 is 19.0 Å². The van der Waals surface area contributed by atoms with Gasteiger partial charge in [0.1, 0.15) is 17.9 Å². The van der Waals surface area contributed by atoms with Crippen molar-refractivity contribution in [3.63, 3.8) is 0 Å². The van der Waals surface area contributed by atoms with Crippen LogP contribution in [-0.2, 0) is 29.0 Å². The van der Waals surface area contributed by atoms with Crippen molar-refractivity contribution in [2.45, 2.75) is 72.6 Å². The third kappa shape index (κ3) is 6.66. The van der Waals surface area contributed by atoms with Crippen LogP contribution in [0.15, 0.2) is 59.1 Å². The Morgan fingerprint density at radius 3 is 2.68 bits per heavy atom. The maximum Gasteiger partial charge on any atom is 0.323 e. The molecule has 1 aromatic carbocycles. The van der Waals surface area contributed by atoms with Crippen LogP contribution in [0.2, 0.25) is 0 Å². The third-order valence-electron chi connectivity index (χ3n) is 8.35. The highest BCUT2D eigenvalue weighted by Gasteiger charge is 2.26. The summed E-state index contributed by atoms with van der Waals surface area (Å²) in [7, 11) is 1.40. The van der Waals surface area contributed by atoms with Gasteiger partial charge in [-0.05, 0) is 86.4 Å². The minimum atomic E-state index is -0.954. The van der Waals surface area contributed by atoms with Crippen LogP contribution in [0.1, 0.15) is 78.3 Å². The average Bonchev–Trinajstić information content (AvgIpc) is 3.48. The summed E-state index contributed by atoms with van der Waals surface area (Å²) in [5.74, 6) is 0.343. The van der Waals surface area contributed by atoms with Crippen molar-refractivity contribution in [3.8, 4) is 11.7 Å². The maximum absolute atomic E-state index is 12.0. The summed E-state index contributed by atoms with van der Waals surface area (Å²) in [6.07, 6.45) is 7.41. The number of hydrogen-bond acceptors (Lipinski definition) is 8. The van der Waals surface area contributed by atoms with Crippen LogP contribution in [0.5, 0.6) is 5.88 Å². The predicted octanol–water partition coefficient (Wildman–Crippen LogP) is 6.33. The standard InChI is InChI=1S/C34H41N5O5/c1-6-8-28(30-9-7-10-31(36-30)39-34(42-5)29(19-35-39)33(40)37-41)32(22(2)3)44-21-26-18-24-11-14-38(20-25(24)17-23(26)4)27-12-15-43-16-13-27/h7-10,17-19,27H,6,11-16,20-21H2,1-5H3/b28-8-. The van der Waals surface area contributed by atoms with Gasteiger partial charge in [-0.2, -0.15) is 9.78 Å². The number of rotatable bonds is 10. The van der Waals surface area contributed by atoms with E-state index in [2.05, 4.69) is 47.2 Å². The molecule has 0 unspecified atom stereocenters. The molecule has 10 heteroatoms. The lowest BCUT2D eigenvalue weighted by molar-refractivity contribution is 0.0290. The number of fused-ring (bicyclic) bond motifs is 1. The van der Waals surface area contributed by atoms with E-state index in [-0.39, 0.29) is 11.4 Å². The first kappa shape index (κ1) is 31.3. The number of hydrogen-bond donors (Lipinski definition) is 0. The topological polar surface area (TPSA) is 108 Å². The Kier molecular flexibility index (Phi) is 10.0. The monoisotopic (exact) mass is 599 g/mol. The van der Waals surface area contributed by atoms with Gasteiger partial charge in [0, 0.05) is 43.1 Å². The number of pyridine rings is 1. The smallest absolute Gasteiger partial charge is 0.323 e. The summed E-state index contributed by atoms with van der Waals surface area (Å²) >= 11 is 0. The molecule has 0 aliphatic carbocycles. The number of allylic oxidation sites excluding steroid dienone is 3. The molecule has 0 saturated carbocycles. The van der Waals surface area contributed by atoms with E-state index in [9.17, 15) is 9.70 Å². The van der Waals surface area contributed by atoms with Gasteiger partial charge in [0.15, 0.2) is 5.82 Å².